The van der Waals surface area contributed by atoms with E-state index in [2.05, 4.69) is 5.32 Å². The molecule has 34 heavy (non-hydrogen) atoms. The van der Waals surface area contributed by atoms with Crippen molar-refractivity contribution in [3.8, 4) is 5.75 Å². The van der Waals surface area contributed by atoms with E-state index >= 15 is 0 Å². The van der Waals surface area contributed by atoms with E-state index in [9.17, 15) is 18.0 Å². The molecule has 2 aromatic carbocycles. The number of carbonyl (C=O) groups excluding carboxylic acids is 2. The van der Waals surface area contributed by atoms with Gasteiger partial charge in [-0.3, -0.25) is 9.59 Å². The molecule has 1 fully saturated rings. The Morgan fingerprint density at radius 2 is 1.59 bits per heavy atom. The lowest BCUT2D eigenvalue weighted by Gasteiger charge is -2.25. The highest BCUT2D eigenvalue weighted by Crippen LogP contribution is 2.21. The van der Waals surface area contributed by atoms with Gasteiger partial charge < -0.3 is 14.8 Å². The second kappa shape index (κ2) is 12.0. The number of piperidine rings is 1. The molecule has 1 aliphatic rings. The van der Waals surface area contributed by atoms with Gasteiger partial charge in [0, 0.05) is 19.6 Å². The number of nitrogens with zero attached hydrogens (tertiary/aromatic N) is 1. The Kier molecular flexibility index (Phi) is 9.06. The molecule has 184 valence electrons. The van der Waals surface area contributed by atoms with Gasteiger partial charge in [-0.25, -0.2) is 8.42 Å². The number of benzene rings is 2. The Morgan fingerprint density at radius 1 is 0.971 bits per heavy atom. The van der Waals surface area contributed by atoms with Crippen molar-refractivity contribution in [2.24, 2.45) is 0 Å². The second-order valence-electron chi connectivity index (χ2n) is 8.31. The highest BCUT2D eigenvalue weighted by Gasteiger charge is 2.26. The van der Waals surface area contributed by atoms with E-state index in [0.29, 0.717) is 31.6 Å². The van der Waals surface area contributed by atoms with Crippen LogP contribution in [0.1, 0.15) is 37.3 Å². The minimum Gasteiger partial charge on any atom is -0.497 e. The first-order valence-electron chi connectivity index (χ1n) is 11.5. The molecule has 1 heterocycles. The largest absolute Gasteiger partial charge is 0.497 e. The number of nitrogens with one attached hydrogen (secondary N) is 1. The number of ether oxygens (including phenoxy) is 2. The lowest BCUT2D eigenvalue weighted by atomic mass is 10.1. The van der Waals surface area contributed by atoms with Crippen LogP contribution in [0.15, 0.2) is 53.4 Å². The van der Waals surface area contributed by atoms with Crippen LogP contribution in [0.2, 0.25) is 0 Å². The Labute approximate surface area is 201 Å². The van der Waals surface area contributed by atoms with Crippen molar-refractivity contribution in [3.05, 3.63) is 59.7 Å². The first-order valence-corrected chi connectivity index (χ1v) is 12.9. The summed E-state index contributed by atoms with van der Waals surface area (Å²) in [6.45, 7) is 3.02. The molecule has 1 atom stereocenters. The molecule has 3 rings (SSSR count). The van der Waals surface area contributed by atoms with E-state index in [4.69, 9.17) is 9.47 Å². The van der Waals surface area contributed by atoms with Gasteiger partial charge in [-0.1, -0.05) is 30.7 Å². The molecule has 1 N–H and O–H groups in total. The quantitative estimate of drug-likeness (QED) is 0.516. The molecule has 1 saturated heterocycles. The maximum Gasteiger partial charge on any atom is 0.311 e. The van der Waals surface area contributed by atoms with E-state index < -0.39 is 22.1 Å². The summed E-state index contributed by atoms with van der Waals surface area (Å²) in [5.41, 5.74) is 1.67. The van der Waals surface area contributed by atoms with Crippen molar-refractivity contribution in [3.63, 3.8) is 0 Å². The number of rotatable bonds is 10. The molecule has 1 amide bonds. The number of hydrogen-bond acceptors (Lipinski definition) is 6. The van der Waals surface area contributed by atoms with Gasteiger partial charge in [0.25, 0.3) is 5.91 Å². The molecule has 0 saturated carbocycles. The van der Waals surface area contributed by atoms with Crippen LogP contribution in [-0.2, 0) is 37.2 Å². The fourth-order valence-corrected chi connectivity index (χ4v) is 5.28. The Balaban J connectivity index is 1.44. The van der Waals surface area contributed by atoms with E-state index in [-0.39, 0.29) is 17.2 Å². The van der Waals surface area contributed by atoms with E-state index in [1.54, 1.807) is 19.2 Å². The van der Waals surface area contributed by atoms with Crippen LogP contribution in [0.4, 0.5) is 0 Å². The summed E-state index contributed by atoms with van der Waals surface area (Å²) in [6.07, 6.45) is 2.46. The summed E-state index contributed by atoms with van der Waals surface area (Å²) in [7, 11) is -1.91. The third-order valence-electron chi connectivity index (χ3n) is 5.77. The number of esters is 1. The van der Waals surface area contributed by atoms with Crippen molar-refractivity contribution >= 4 is 21.9 Å². The van der Waals surface area contributed by atoms with Crippen molar-refractivity contribution in [2.75, 3.05) is 26.7 Å². The minimum atomic E-state index is -3.51. The highest BCUT2D eigenvalue weighted by molar-refractivity contribution is 7.89. The molecule has 0 radical (unpaired) electrons. The zero-order valence-corrected chi connectivity index (χ0v) is 20.5. The van der Waals surface area contributed by atoms with Crippen LogP contribution >= 0.6 is 0 Å². The summed E-state index contributed by atoms with van der Waals surface area (Å²) in [5, 5.41) is 2.77. The summed E-state index contributed by atoms with van der Waals surface area (Å²) in [6, 6.07) is 13.8. The van der Waals surface area contributed by atoms with Crippen molar-refractivity contribution in [1.82, 2.24) is 9.62 Å². The van der Waals surface area contributed by atoms with Gasteiger partial charge in [0.05, 0.1) is 18.4 Å². The van der Waals surface area contributed by atoms with E-state index in [1.165, 1.54) is 23.4 Å². The van der Waals surface area contributed by atoms with Gasteiger partial charge in [-0.2, -0.15) is 4.31 Å². The summed E-state index contributed by atoms with van der Waals surface area (Å²) in [4.78, 5) is 24.7. The predicted molar refractivity (Wildman–Crippen MR) is 128 cm³/mol. The molecular formula is C25H32N2O6S. The van der Waals surface area contributed by atoms with Crippen LogP contribution in [-0.4, -0.2) is 57.4 Å². The fraction of sp³-hybridized carbons (Fsp3) is 0.440. The molecular weight excluding hydrogens is 456 g/mol. The van der Waals surface area contributed by atoms with E-state index in [0.717, 1.165) is 30.6 Å². The van der Waals surface area contributed by atoms with Gasteiger partial charge >= 0.3 is 5.97 Å². The molecule has 1 aliphatic heterocycles. The fourth-order valence-electron chi connectivity index (χ4n) is 3.76. The van der Waals surface area contributed by atoms with Crippen molar-refractivity contribution in [1.29, 1.82) is 0 Å². The molecule has 0 aliphatic carbocycles. The third-order valence-corrected chi connectivity index (χ3v) is 7.69. The van der Waals surface area contributed by atoms with Gasteiger partial charge in [0.15, 0.2) is 6.10 Å². The van der Waals surface area contributed by atoms with Gasteiger partial charge in [-0.05, 0) is 61.6 Å². The van der Waals surface area contributed by atoms with E-state index in [1.807, 2.05) is 24.3 Å². The maximum atomic E-state index is 12.7. The van der Waals surface area contributed by atoms with Gasteiger partial charge in [-0.15, -0.1) is 0 Å². The first-order chi connectivity index (χ1) is 16.3. The first kappa shape index (κ1) is 25.7. The molecule has 0 aromatic heterocycles. The van der Waals surface area contributed by atoms with Gasteiger partial charge in [0.2, 0.25) is 10.0 Å². The average Bonchev–Trinajstić information content (AvgIpc) is 2.85. The minimum absolute atomic E-state index is 0.0481. The summed E-state index contributed by atoms with van der Waals surface area (Å²) < 4.78 is 37.3. The van der Waals surface area contributed by atoms with Crippen LogP contribution in [0.25, 0.3) is 0 Å². The second-order valence-corrected chi connectivity index (χ2v) is 10.2. The standard InChI is InChI=1S/C25H32N2O6S/c1-19(25(29)26-15-14-20-6-10-22(32-2)11-7-20)33-24(28)18-21-8-12-23(13-9-21)34(30,31)27-16-4-3-5-17-27/h6-13,19H,3-5,14-18H2,1-2H3,(H,26,29). The normalized spacial score (nSPS) is 15.4. The van der Waals surface area contributed by atoms with Crippen LogP contribution in [0, 0.1) is 0 Å². The summed E-state index contributed by atoms with van der Waals surface area (Å²) in [5.74, 6) is -0.152. The Morgan fingerprint density at radius 3 is 2.21 bits per heavy atom. The zero-order chi connectivity index (χ0) is 24.6. The lowest BCUT2D eigenvalue weighted by molar-refractivity contribution is -0.154. The zero-order valence-electron chi connectivity index (χ0n) is 19.7. The number of hydrogen-bond donors (Lipinski definition) is 1. The topological polar surface area (TPSA) is 102 Å². The number of carbonyl (C=O) groups is 2. The van der Waals surface area contributed by atoms with Crippen molar-refractivity contribution < 1.29 is 27.5 Å². The van der Waals surface area contributed by atoms with Crippen LogP contribution < -0.4 is 10.1 Å². The number of amides is 1. The Bertz CT molecular complexity index is 1060. The number of sulfonamides is 1. The van der Waals surface area contributed by atoms with Crippen molar-refractivity contribution in [2.45, 2.75) is 50.0 Å². The summed E-state index contributed by atoms with van der Waals surface area (Å²) >= 11 is 0. The molecule has 1 unspecified atom stereocenters. The molecule has 2 aromatic rings. The predicted octanol–water partition coefficient (Wildman–Crippen LogP) is 2.70. The number of methoxy groups -OCH3 is 1. The SMILES string of the molecule is COc1ccc(CCNC(=O)C(C)OC(=O)Cc2ccc(S(=O)(=O)N3CCCCC3)cc2)cc1. The molecule has 0 bridgehead atoms. The third kappa shape index (κ3) is 7.04. The molecule has 0 spiro atoms. The molecule has 9 heteroatoms. The highest BCUT2D eigenvalue weighted by atomic mass is 32.2. The maximum absolute atomic E-state index is 12.7. The molecule has 8 nitrogen and oxygen atoms in total. The Hall–Kier alpha value is -2.91. The lowest BCUT2D eigenvalue weighted by Crippen LogP contribution is -2.37. The van der Waals surface area contributed by atoms with Gasteiger partial charge in [0.1, 0.15) is 5.75 Å². The average molecular weight is 489 g/mol. The van der Waals surface area contributed by atoms with Crippen LogP contribution in [0.5, 0.6) is 5.75 Å². The smallest absolute Gasteiger partial charge is 0.311 e. The monoisotopic (exact) mass is 488 g/mol. The van der Waals surface area contributed by atoms with Crippen LogP contribution in [0.3, 0.4) is 0 Å².